The van der Waals surface area contributed by atoms with E-state index in [9.17, 15) is 9.18 Å². The van der Waals surface area contributed by atoms with Crippen molar-refractivity contribution in [2.45, 2.75) is 18.6 Å². The van der Waals surface area contributed by atoms with Crippen LogP contribution in [0.2, 0.25) is 0 Å². The summed E-state index contributed by atoms with van der Waals surface area (Å²) in [6.45, 7) is 5.89. The second-order valence-electron chi connectivity index (χ2n) is 5.70. The zero-order chi connectivity index (χ0) is 19.2. The standard InChI is InChI=1S/C19H18FN5OS/c1-3-10-25-18(14-6-5-9-21-11-14)23-24-19(25)27-12-17(26)22-16-8-4-7-15(20)13(16)2/h3-9,11H,1,10,12H2,2H3,(H,22,26). The minimum atomic E-state index is -0.354. The van der Waals surface area contributed by atoms with E-state index in [0.717, 1.165) is 5.56 Å². The van der Waals surface area contributed by atoms with E-state index in [-0.39, 0.29) is 17.5 Å². The number of benzene rings is 1. The maximum Gasteiger partial charge on any atom is 0.234 e. The molecule has 1 N–H and O–H groups in total. The van der Waals surface area contributed by atoms with Gasteiger partial charge in [0.25, 0.3) is 0 Å². The quantitative estimate of drug-likeness (QED) is 0.497. The van der Waals surface area contributed by atoms with Gasteiger partial charge in [0.05, 0.1) is 5.75 Å². The Bertz CT molecular complexity index is 958. The number of amides is 1. The van der Waals surface area contributed by atoms with Crippen LogP contribution in [-0.2, 0) is 11.3 Å². The highest BCUT2D eigenvalue weighted by atomic mass is 32.2. The summed E-state index contributed by atoms with van der Waals surface area (Å²) in [5.74, 6) is 0.183. The van der Waals surface area contributed by atoms with Crippen LogP contribution in [0.1, 0.15) is 5.56 Å². The van der Waals surface area contributed by atoms with E-state index in [1.54, 1.807) is 37.5 Å². The highest BCUT2D eigenvalue weighted by molar-refractivity contribution is 7.99. The number of halogens is 1. The molecule has 0 aliphatic carbocycles. The maximum atomic E-state index is 13.6. The minimum absolute atomic E-state index is 0.123. The van der Waals surface area contributed by atoms with Crippen molar-refractivity contribution in [3.05, 3.63) is 66.8 Å². The van der Waals surface area contributed by atoms with Crippen LogP contribution in [-0.4, -0.2) is 31.4 Å². The molecule has 0 aliphatic rings. The van der Waals surface area contributed by atoms with Gasteiger partial charge in [-0.15, -0.1) is 16.8 Å². The van der Waals surface area contributed by atoms with E-state index in [0.29, 0.717) is 28.8 Å². The van der Waals surface area contributed by atoms with Gasteiger partial charge in [-0.1, -0.05) is 23.9 Å². The molecule has 0 unspecified atom stereocenters. The number of thioether (sulfide) groups is 1. The van der Waals surface area contributed by atoms with Gasteiger partial charge in [-0.25, -0.2) is 4.39 Å². The van der Waals surface area contributed by atoms with Crippen LogP contribution in [0.4, 0.5) is 10.1 Å². The van der Waals surface area contributed by atoms with E-state index in [1.165, 1.54) is 17.8 Å². The smallest absolute Gasteiger partial charge is 0.234 e. The second kappa shape index (κ2) is 8.59. The van der Waals surface area contributed by atoms with Crippen molar-refractivity contribution in [3.8, 4) is 11.4 Å². The third-order valence-corrected chi connectivity index (χ3v) is 4.79. The topological polar surface area (TPSA) is 72.7 Å². The molecule has 0 fully saturated rings. The monoisotopic (exact) mass is 383 g/mol. The van der Waals surface area contributed by atoms with Crippen molar-refractivity contribution in [2.24, 2.45) is 0 Å². The molecule has 3 rings (SSSR count). The Hall–Kier alpha value is -3.00. The fourth-order valence-corrected chi connectivity index (χ4v) is 3.20. The lowest BCUT2D eigenvalue weighted by atomic mass is 10.2. The molecule has 0 saturated heterocycles. The molecule has 3 aromatic rings. The molecule has 27 heavy (non-hydrogen) atoms. The molecule has 1 aromatic carbocycles. The van der Waals surface area contributed by atoms with Crippen LogP contribution in [0, 0.1) is 12.7 Å². The van der Waals surface area contributed by atoms with Gasteiger partial charge in [-0.05, 0) is 31.2 Å². The second-order valence-corrected chi connectivity index (χ2v) is 6.64. The highest BCUT2D eigenvalue weighted by Gasteiger charge is 2.15. The lowest BCUT2D eigenvalue weighted by molar-refractivity contribution is -0.113. The number of aromatic nitrogens is 4. The molecule has 0 bridgehead atoms. The molecule has 2 aromatic heterocycles. The number of allylic oxidation sites excluding steroid dienone is 1. The molecule has 1 amide bonds. The van der Waals surface area contributed by atoms with Gasteiger partial charge in [-0.2, -0.15) is 0 Å². The van der Waals surface area contributed by atoms with Crippen molar-refractivity contribution in [2.75, 3.05) is 11.1 Å². The van der Waals surface area contributed by atoms with Crippen LogP contribution in [0.3, 0.4) is 0 Å². The normalized spacial score (nSPS) is 10.6. The maximum absolute atomic E-state index is 13.6. The minimum Gasteiger partial charge on any atom is -0.325 e. The SMILES string of the molecule is C=CCn1c(SCC(=O)Nc2cccc(F)c2C)nnc1-c1cccnc1. The first-order chi connectivity index (χ1) is 13.1. The summed E-state index contributed by atoms with van der Waals surface area (Å²) in [6, 6.07) is 8.31. The first-order valence-electron chi connectivity index (χ1n) is 8.22. The predicted octanol–water partition coefficient (Wildman–Crippen LogP) is 3.70. The Morgan fingerprint density at radius 2 is 2.19 bits per heavy atom. The summed E-state index contributed by atoms with van der Waals surface area (Å²) in [7, 11) is 0. The summed E-state index contributed by atoms with van der Waals surface area (Å²) < 4.78 is 15.5. The molecule has 8 heteroatoms. The number of carbonyl (C=O) groups excluding carboxylic acids is 1. The predicted molar refractivity (Wildman–Crippen MR) is 104 cm³/mol. The number of hydrogen-bond donors (Lipinski definition) is 1. The number of nitrogens with zero attached hydrogens (tertiary/aromatic N) is 4. The number of anilines is 1. The molecular formula is C19H18FN5OS. The molecule has 6 nitrogen and oxygen atoms in total. The number of carbonyl (C=O) groups is 1. The van der Waals surface area contributed by atoms with Gasteiger partial charge < -0.3 is 5.32 Å². The summed E-state index contributed by atoms with van der Waals surface area (Å²) >= 11 is 1.26. The van der Waals surface area contributed by atoms with E-state index >= 15 is 0 Å². The van der Waals surface area contributed by atoms with Crippen LogP contribution in [0.15, 0.2) is 60.5 Å². The van der Waals surface area contributed by atoms with Gasteiger partial charge in [0.1, 0.15) is 5.82 Å². The molecule has 138 valence electrons. The highest BCUT2D eigenvalue weighted by Crippen LogP contribution is 2.24. The van der Waals surface area contributed by atoms with Crippen LogP contribution < -0.4 is 5.32 Å². The van der Waals surface area contributed by atoms with Gasteiger partial charge in [0.15, 0.2) is 11.0 Å². The lowest BCUT2D eigenvalue weighted by Crippen LogP contribution is -2.15. The van der Waals surface area contributed by atoms with Crippen LogP contribution in [0.25, 0.3) is 11.4 Å². The molecule has 2 heterocycles. The number of pyridine rings is 1. The molecule has 0 aliphatic heterocycles. The Morgan fingerprint density at radius 1 is 1.33 bits per heavy atom. The van der Waals surface area contributed by atoms with Crippen LogP contribution >= 0.6 is 11.8 Å². The zero-order valence-corrected chi connectivity index (χ0v) is 15.5. The number of rotatable bonds is 7. The average molecular weight is 383 g/mol. The Kier molecular flexibility index (Phi) is 5.97. The van der Waals surface area contributed by atoms with Crippen molar-refractivity contribution < 1.29 is 9.18 Å². The average Bonchev–Trinajstić information content (AvgIpc) is 3.07. The molecule has 0 radical (unpaired) electrons. The Labute approximate surface area is 160 Å². The van der Waals surface area contributed by atoms with Crippen molar-refractivity contribution >= 4 is 23.4 Å². The van der Waals surface area contributed by atoms with Gasteiger partial charge in [0.2, 0.25) is 5.91 Å². The van der Waals surface area contributed by atoms with Crippen molar-refractivity contribution in [1.82, 2.24) is 19.7 Å². The van der Waals surface area contributed by atoms with Gasteiger partial charge in [-0.3, -0.25) is 14.3 Å². The number of hydrogen-bond acceptors (Lipinski definition) is 5. The molecule has 0 spiro atoms. The van der Waals surface area contributed by atoms with Gasteiger partial charge in [0, 0.05) is 35.8 Å². The van der Waals surface area contributed by atoms with Crippen molar-refractivity contribution in [1.29, 1.82) is 0 Å². The summed E-state index contributed by atoms with van der Waals surface area (Å²) in [5, 5.41) is 11.7. The zero-order valence-electron chi connectivity index (χ0n) is 14.7. The summed E-state index contributed by atoms with van der Waals surface area (Å²) in [4.78, 5) is 16.4. The summed E-state index contributed by atoms with van der Waals surface area (Å²) in [5.41, 5.74) is 1.70. The van der Waals surface area contributed by atoms with Gasteiger partial charge >= 0.3 is 0 Å². The van der Waals surface area contributed by atoms with E-state index < -0.39 is 0 Å². The third-order valence-electron chi connectivity index (χ3n) is 3.82. The fraction of sp³-hybridized carbons (Fsp3) is 0.158. The molecule has 0 saturated carbocycles. The first-order valence-corrected chi connectivity index (χ1v) is 9.21. The molecule has 0 atom stereocenters. The number of nitrogens with one attached hydrogen (secondary N) is 1. The van der Waals surface area contributed by atoms with E-state index in [4.69, 9.17) is 0 Å². The molecular weight excluding hydrogens is 365 g/mol. The van der Waals surface area contributed by atoms with E-state index in [2.05, 4.69) is 27.1 Å². The largest absolute Gasteiger partial charge is 0.325 e. The first kappa shape index (κ1) is 18.8. The van der Waals surface area contributed by atoms with Crippen LogP contribution in [0.5, 0.6) is 0 Å². The Morgan fingerprint density at radius 3 is 2.93 bits per heavy atom. The van der Waals surface area contributed by atoms with E-state index in [1.807, 2.05) is 16.7 Å². The lowest BCUT2D eigenvalue weighted by Gasteiger charge is -2.09. The fourth-order valence-electron chi connectivity index (χ4n) is 2.46. The Balaban J connectivity index is 1.72. The third kappa shape index (κ3) is 4.40. The van der Waals surface area contributed by atoms with Crippen molar-refractivity contribution in [3.63, 3.8) is 0 Å². The summed E-state index contributed by atoms with van der Waals surface area (Å²) in [6.07, 6.45) is 5.13.